The minimum absolute atomic E-state index is 0. The molecule has 0 aliphatic heterocycles. The maximum absolute atomic E-state index is 8.88. The van der Waals surface area contributed by atoms with Gasteiger partial charge in [0.25, 0.3) is 0 Å². The average molecular weight is 324 g/mol. The fourth-order valence-electron chi connectivity index (χ4n) is 1.60. The topological polar surface area (TPSA) is 98.0 Å². The molecule has 0 fully saturated rings. The van der Waals surface area contributed by atoms with E-state index in [1.165, 1.54) is 57.8 Å². The standard InChI is InChI=1S/C12H26O.K.H3O4P.H/c1-2-3-4-5-6-7-8-9-10-11-12-13;;1-5(2,3)4;/h13H,2-12H2,1H3;;(H3,1,2,3,4);. The van der Waals surface area contributed by atoms with Crippen molar-refractivity contribution in [1.82, 2.24) is 0 Å². The van der Waals surface area contributed by atoms with E-state index in [2.05, 4.69) is 6.92 Å². The summed E-state index contributed by atoms with van der Waals surface area (Å²) in [5.41, 5.74) is 0. The van der Waals surface area contributed by atoms with Gasteiger partial charge in [-0.1, -0.05) is 64.7 Å². The Morgan fingerprint density at radius 2 is 1.00 bits per heavy atom. The summed E-state index contributed by atoms with van der Waals surface area (Å²) in [6.07, 6.45) is 13.3. The molecule has 19 heavy (non-hydrogen) atoms. The van der Waals surface area contributed by atoms with Crippen molar-refractivity contribution in [2.24, 2.45) is 0 Å². The molecule has 0 heterocycles. The molecule has 0 amide bonds. The third kappa shape index (κ3) is 45.1. The maximum atomic E-state index is 8.88. The average Bonchev–Trinajstić information content (AvgIpc) is 2.25. The number of unbranched alkanes of at least 4 members (excludes halogenated alkanes) is 9. The van der Waals surface area contributed by atoms with Crippen molar-refractivity contribution in [2.75, 3.05) is 6.61 Å². The summed E-state index contributed by atoms with van der Waals surface area (Å²) in [6.45, 7) is 2.63. The molecule has 0 aromatic carbocycles. The van der Waals surface area contributed by atoms with Crippen molar-refractivity contribution in [1.29, 1.82) is 0 Å². The van der Waals surface area contributed by atoms with Crippen molar-refractivity contribution >= 4 is 59.2 Å². The Morgan fingerprint density at radius 1 is 0.737 bits per heavy atom. The van der Waals surface area contributed by atoms with E-state index in [1.54, 1.807) is 0 Å². The first-order valence-electron chi connectivity index (χ1n) is 6.81. The molecular formula is C12H30KO5P. The van der Waals surface area contributed by atoms with Gasteiger partial charge >= 0.3 is 59.2 Å². The van der Waals surface area contributed by atoms with Gasteiger partial charge < -0.3 is 19.8 Å². The van der Waals surface area contributed by atoms with E-state index >= 15 is 0 Å². The predicted octanol–water partition coefficient (Wildman–Crippen LogP) is 2.32. The molecule has 0 atom stereocenters. The van der Waals surface area contributed by atoms with Gasteiger partial charge in [0.2, 0.25) is 0 Å². The van der Waals surface area contributed by atoms with Gasteiger partial charge in [0.05, 0.1) is 0 Å². The number of aliphatic hydroxyl groups excluding tert-OH is 1. The fraction of sp³-hybridized carbons (Fsp3) is 1.00. The van der Waals surface area contributed by atoms with Gasteiger partial charge in [-0.15, -0.1) is 0 Å². The third-order valence-electron chi connectivity index (χ3n) is 2.51. The van der Waals surface area contributed by atoms with Crippen molar-refractivity contribution < 1.29 is 24.4 Å². The summed E-state index contributed by atoms with van der Waals surface area (Å²) in [5, 5.41) is 8.57. The van der Waals surface area contributed by atoms with Crippen molar-refractivity contribution in [3.63, 3.8) is 0 Å². The van der Waals surface area contributed by atoms with E-state index in [1.807, 2.05) is 0 Å². The SMILES string of the molecule is CCCCCCCCCCCCO.O=P(O)(O)O.[KH]. The Morgan fingerprint density at radius 3 is 1.26 bits per heavy atom. The Labute approximate surface area is 159 Å². The zero-order valence-corrected chi connectivity index (χ0v) is 12.3. The Bertz CT molecular complexity index is 180. The number of rotatable bonds is 10. The molecule has 7 heteroatoms. The van der Waals surface area contributed by atoms with Crippen LogP contribution in [0.15, 0.2) is 0 Å². The van der Waals surface area contributed by atoms with Crippen LogP contribution in [0.5, 0.6) is 0 Å². The molecule has 0 aliphatic rings. The van der Waals surface area contributed by atoms with Crippen LogP contribution in [0, 0.1) is 0 Å². The number of hydrogen-bond donors (Lipinski definition) is 4. The summed E-state index contributed by atoms with van der Waals surface area (Å²) < 4.78 is 8.88. The molecule has 4 N–H and O–H groups in total. The van der Waals surface area contributed by atoms with Crippen molar-refractivity contribution in [3.05, 3.63) is 0 Å². The van der Waals surface area contributed by atoms with Gasteiger partial charge in [-0.05, 0) is 6.42 Å². The number of hydrogen-bond acceptors (Lipinski definition) is 2. The van der Waals surface area contributed by atoms with Crippen LogP contribution in [0.3, 0.4) is 0 Å². The summed E-state index contributed by atoms with van der Waals surface area (Å²) >= 11 is 0. The second-order valence-electron chi connectivity index (χ2n) is 4.42. The summed E-state index contributed by atoms with van der Waals surface area (Å²) in [5.74, 6) is 0. The Hall–Kier alpha value is 1.71. The normalized spacial score (nSPS) is 10.4. The van der Waals surface area contributed by atoms with E-state index in [9.17, 15) is 0 Å². The quantitative estimate of drug-likeness (QED) is 0.281. The van der Waals surface area contributed by atoms with Crippen LogP contribution in [-0.2, 0) is 4.57 Å². The molecule has 0 bridgehead atoms. The summed E-state index contributed by atoms with van der Waals surface area (Å²) in [7, 11) is -4.64. The van der Waals surface area contributed by atoms with E-state index in [4.69, 9.17) is 24.4 Å². The molecule has 114 valence electrons. The van der Waals surface area contributed by atoms with Gasteiger partial charge in [0, 0.05) is 6.61 Å². The number of phosphoric acid groups is 1. The van der Waals surface area contributed by atoms with Gasteiger partial charge in [0.15, 0.2) is 0 Å². The van der Waals surface area contributed by atoms with Crippen LogP contribution >= 0.6 is 7.82 Å². The summed E-state index contributed by atoms with van der Waals surface area (Å²) in [4.78, 5) is 21.6. The molecule has 0 aromatic heterocycles. The van der Waals surface area contributed by atoms with E-state index in [0.717, 1.165) is 6.42 Å². The molecule has 0 radical (unpaired) electrons. The molecule has 0 aliphatic carbocycles. The van der Waals surface area contributed by atoms with Gasteiger partial charge in [0.1, 0.15) is 0 Å². The van der Waals surface area contributed by atoms with Crippen LogP contribution < -0.4 is 0 Å². The summed E-state index contributed by atoms with van der Waals surface area (Å²) in [6, 6.07) is 0. The van der Waals surface area contributed by atoms with Gasteiger partial charge in [-0.25, -0.2) is 4.57 Å². The van der Waals surface area contributed by atoms with E-state index in [-0.39, 0.29) is 51.4 Å². The first-order chi connectivity index (χ1) is 8.41. The Kier molecular flexibility index (Phi) is 26.6. The van der Waals surface area contributed by atoms with Gasteiger partial charge in [-0.3, -0.25) is 0 Å². The fourth-order valence-corrected chi connectivity index (χ4v) is 1.60. The third-order valence-corrected chi connectivity index (χ3v) is 2.51. The zero-order valence-electron chi connectivity index (χ0n) is 11.4. The van der Waals surface area contributed by atoms with Crippen molar-refractivity contribution in [2.45, 2.75) is 71.1 Å². The first-order valence-corrected chi connectivity index (χ1v) is 8.37. The zero-order chi connectivity index (χ0) is 14.3. The second kappa shape index (κ2) is 19.7. The second-order valence-corrected chi connectivity index (χ2v) is 5.45. The molecule has 0 saturated carbocycles. The van der Waals surface area contributed by atoms with Gasteiger partial charge in [-0.2, -0.15) is 0 Å². The minimum atomic E-state index is -4.64. The molecule has 0 spiro atoms. The molecule has 0 saturated heterocycles. The van der Waals surface area contributed by atoms with Crippen LogP contribution in [0.1, 0.15) is 71.1 Å². The van der Waals surface area contributed by atoms with E-state index in [0.29, 0.717) is 6.61 Å². The molecule has 0 aromatic rings. The van der Waals surface area contributed by atoms with E-state index < -0.39 is 7.82 Å². The van der Waals surface area contributed by atoms with Crippen LogP contribution in [-0.4, -0.2) is 77.8 Å². The predicted molar refractivity (Wildman–Crippen MR) is 80.3 cm³/mol. The first kappa shape index (κ1) is 25.6. The number of aliphatic hydroxyl groups is 1. The molecular weight excluding hydrogens is 294 g/mol. The van der Waals surface area contributed by atoms with Crippen LogP contribution in [0.2, 0.25) is 0 Å². The molecule has 0 unspecified atom stereocenters. The molecule has 0 rings (SSSR count). The van der Waals surface area contributed by atoms with Crippen molar-refractivity contribution in [3.8, 4) is 0 Å². The van der Waals surface area contributed by atoms with Crippen LogP contribution in [0.25, 0.3) is 0 Å². The monoisotopic (exact) mass is 324 g/mol. The molecule has 5 nitrogen and oxygen atoms in total. The Balaban J connectivity index is -0.000000366. The van der Waals surface area contributed by atoms with Crippen LogP contribution in [0.4, 0.5) is 0 Å².